The van der Waals surface area contributed by atoms with Crippen molar-refractivity contribution in [2.45, 2.75) is 57.2 Å². The summed E-state index contributed by atoms with van der Waals surface area (Å²) >= 11 is 0. The van der Waals surface area contributed by atoms with Crippen LogP contribution in [-0.2, 0) is 29.1 Å². The van der Waals surface area contributed by atoms with Crippen molar-refractivity contribution in [3.63, 3.8) is 0 Å². The van der Waals surface area contributed by atoms with Gasteiger partial charge in [-0.05, 0) is 42.5 Å². The van der Waals surface area contributed by atoms with E-state index in [1.807, 2.05) is 17.0 Å². The number of benzene rings is 2. The van der Waals surface area contributed by atoms with Gasteiger partial charge in [0.25, 0.3) is 0 Å². The number of hydrogen-bond acceptors (Lipinski definition) is 3. The number of rotatable bonds is 5. The maximum absolute atomic E-state index is 13.0. The largest absolute Gasteiger partial charge is 0.481 e. The van der Waals surface area contributed by atoms with Crippen LogP contribution in [0.2, 0.25) is 0 Å². The lowest BCUT2D eigenvalue weighted by atomic mass is 9.80. The van der Waals surface area contributed by atoms with Crippen molar-refractivity contribution in [2.24, 2.45) is 0 Å². The minimum atomic E-state index is -0.920. The molecule has 5 heteroatoms. The number of aliphatic carboxylic acids is 1. The van der Waals surface area contributed by atoms with E-state index >= 15 is 0 Å². The molecule has 0 aliphatic carbocycles. The summed E-state index contributed by atoms with van der Waals surface area (Å²) < 4.78 is 0. The zero-order chi connectivity index (χ0) is 21.0. The fourth-order valence-electron chi connectivity index (χ4n) is 5.04. The Morgan fingerprint density at radius 2 is 1.67 bits per heavy atom. The molecule has 0 bridgehead atoms. The molecule has 1 unspecified atom stereocenters. The summed E-state index contributed by atoms with van der Waals surface area (Å²) in [6.07, 6.45) is 4.26. The van der Waals surface area contributed by atoms with Crippen LogP contribution in [-0.4, -0.2) is 45.4 Å². The van der Waals surface area contributed by atoms with Gasteiger partial charge in [0.05, 0.1) is 6.42 Å². The highest BCUT2D eigenvalue weighted by atomic mass is 16.4. The minimum absolute atomic E-state index is 0.0567. The monoisotopic (exact) mass is 406 g/mol. The highest BCUT2D eigenvalue weighted by Crippen LogP contribution is 2.37. The van der Waals surface area contributed by atoms with Gasteiger partial charge < -0.3 is 10.0 Å². The summed E-state index contributed by atoms with van der Waals surface area (Å²) in [5.41, 5.74) is 3.67. The predicted molar refractivity (Wildman–Crippen MR) is 116 cm³/mol. The smallest absolute Gasteiger partial charge is 0.303 e. The van der Waals surface area contributed by atoms with Crippen LogP contribution in [0.4, 0.5) is 0 Å². The number of amides is 1. The third-order valence-corrected chi connectivity index (χ3v) is 6.60. The maximum Gasteiger partial charge on any atom is 0.303 e. The van der Waals surface area contributed by atoms with Gasteiger partial charge in [-0.1, -0.05) is 61.0 Å². The Morgan fingerprint density at radius 1 is 0.933 bits per heavy atom. The molecule has 0 saturated carbocycles. The molecular formula is C25H30N2O3. The topological polar surface area (TPSA) is 60.9 Å². The summed E-state index contributed by atoms with van der Waals surface area (Å²) in [5.74, 6) is -0.977. The van der Waals surface area contributed by atoms with Crippen molar-refractivity contribution < 1.29 is 14.7 Å². The third-order valence-electron chi connectivity index (χ3n) is 6.60. The van der Waals surface area contributed by atoms with E-state index in [1.165, 1.54) is 23.1 Å². The molecule has 2 aliphatic heterocycles. The van der Waals surface area contributed by atoms with Gasteiger partial charge in [-0.15, -0.1) is 0 Å². The molecule has 1 spiro atoms. The van der Waals surface area contributed by atoms with E-state index in [0.717, 1.165) is 32.4 Å². The van der Waals surface area contributed by atoms with Crippen molar-refractivity contribution in [3.05, 3.63) is 71.3 Å². The van der Waals surface area contributed by atoms with E-state index in [9.17, 15) is 9.59 Å². The fourth-order valence-corrected chi connectivity index (χ4v) is 5.04. The highest BCUT2D eigenvalue weighted by Gasteiger charge is 2.43. The fraction of sp³-hybridized carbons (Fsp3) is 0.440. The normalized spacial score (nSPS) is 21.8. The SMILES string of the molecule is O=C(O)CCC(=O)N1Cc2ccccc2CC2(CCCCN2Cc2ccccc2)C1. The molecule has 1 saturated heterocycles. The van der Waals surface area contributed by atoms with Gasteiger partial charge in [0, 0.05) is 31.6 Å². The van der Waals surface area contributed by atoms with Gasteiger partial charge in [0.15, 0.2) is 0 Å². The molecule has 2 aromatic carbocycles. The van der Waals surface area contributed by atoms with Crippen molar-refractivity contribution in [1.29, 1.82) is 0 Å². The Morgan fingerprint density at radius 3 is 2.43 bits per heavy atom. The van der Waals surface area contributed by atoms with Crippen LogP contribution < -0.4 is 0 Å². The van der Waals surface area contributed by atoms with Gasteiger partial charge in [-0.3, -0.25) is 14.5 Å². The lowest BCUT2D eigenvalue weighted by Crippen LogP contribution is -2.58. The number of carbonyl (C=O) groups is 2. The van der Waals surface area contributed by atoms with E-state index < -0.39 is 5.97 Å². The molecule has 4 rings (SSSR count). The molecule has 1 atom stereocenters. The van der Waals surface area contributed by atoms with Crippen LogP contribution in [0.5, 0.6) is 0 Å². The van der Waals surface area contributed by atoms with Gasteiger partial charge in [-0.25, -0.2) is 0 Å². The quantitative estimate of drug-likeness (QED) is 0.819. The van der Waals surface area contributed by atoms with E-state index in [-0.39, 0.29) is 24.3 Å². The van der Waals surface area contributed by atoms with Crippen molar-refractivity contribution >= 4 is 11.9 Å². The first-order valence-electron chi connectivity index (χ1n) is 10.9. The summed E-state index contributed by atoms with van der Waals surface area (Å²) in [5, 5.41) is 9.04. The number of fused-ring (bicyclic) bond motifs is 1. The molecule has 1 fully saturated rings. The second-order valence-electron chi connectivity index (χ2n) is 8.68. The molecule has 30 heavy (non-hydrogen) atoms. The van der Waals surface area contributed by atoms with Gasteiger partial charge in [0.2, 0.25) is 5.91 Å². The zero-order valence-electron chi connectivity index (χ0n) is 17.4. The Kier molecular flexibility index (Phi) is 6.18. The molecule has 1 N–H and O–H groups in total. The molecule has 0 aromatic heterocycles. The average Bonchev–Trinajstić information content (AvgIpc) is 2.91. The molecule has 158 valence electrons. The lowest BCUT2D eigenvalue weighted by Gasteiger charge is -2.49. The van der Waals surface area contributed by atoms with Crippen LogP contribution >= 0.6 is 0 Å². The van der Waals surface area contributed by atoms with Crippen molar-refractivity contribution in [2.75, 3.05) is 13.1 Å². The standard InChI is InChI=1S/C25H30N2O3/c28-23(12-13-24(29)30)26-18-22-11-5-4-10-21(22)16-25(19-26)14-6-7-15-27(25)17-20-8-2-1-3-9-20/h1-5,8-11H,6-7,12-19H2,(H,29,30). The third kappa shape index (κ3) is 4.57. The lowest BCUT2D eigenvalue weighted by molar-refractivity contribution is -0.142. The average molecular weight is 407 g/mol. The number of piperidine rings is 1. The summed E-state index contributed by atoms with van der Waals surface area (Å²) in [6.45, 7) is 3.12. The van der Waals surface area contributed by atoms with Crippen LogP contribution in [0, 0.1) is 0 Å². The minimum Gasteiger partial charge on any atom is -0.481 e. The zero-order valence-corrected chi connectivity index (χ0v) is 17.4. The Labute approximate surface area is 178 Å². The Hall–Kier alpha value is -2.66. The number of carbonyl (C=O) groups excluding carboxylic acids is 1. The summed E-state index contributed by atoms with van der Waals surface area (Å²) in [4.78, 5) is 28.5. The summed E-state index contributed by atoms with van der Waals surface area (Å²) in [6, 6.07) is 18.9. The highest BCUT2D eigenvalue weighted by molar-refractivity contribution is 5.81. The van der Waals surface area contributed by atoms with Crippen molar-refractivity contribution in [3.8, 4) is 0 Å². The van der Waals surface area contributed by atoms with Crippen molar-refractivity contribution in [1.82, 2.24) is 9.80 Å². The molecule has 0 radical (unpaired) electrons. The predicted octanol–water partition coefficient (Wildman–Crippen LogP) is 3.86. The van der Waals surface area contributed by atoms with Gasteiger partial charge >= 0.3 is 5.97 Å². The van der Waals surface area contributed by atoms with Gasteiger partial charge in [0.1, 0.15) is 0 Å². The number of hydrogen-bond donors (Lipinski definition) is 1. The second-order valence-corrected chi connectivity index (χ2v) is 8.68. The molecule has 5 nitrogen and oxygen atoms in total. The summed E-state index contributed by atoms with van der Waals surface area (Å²) in [7, 11) is 0. The molecule has 2 heterocycles. The maximum atomic E-state index is 13.0. The number of nitrogens with zero attached hydrogens (tertiary/aromatic N) is 2. The first-order chi connectivity index (χ1) is 14.6. The van der Waals surface area contributed by atoms with E-state index in [4.69, 9.17) is 5.11 Å². The van der Waals surface area contributed by atoms with Crippen LogP contribution in [0.15, 0.2) is 54.6 Å². The van der Waals surface area contributed by atoms with E-state index in [2.05, 4.69) is 47.4 Å². The van der Waals surface area contributed by atoms with Crippen LogP contribution in [0.1, 0.15) is 48.8 Å². The number of likely N-dealkylation sites (tertiary alicyclic amines) is 1. The Bertz CT molecular complexity index is 898. The molecule has 1 amide bonds. The molecule has 2 aliphatic rings. The molecular weight excluding hydrogens is 376 g/mol. The number of carboxylic acids is 1. The second kappa shape index (κ2) is 9.00. The number of carboxylic acid groups (broad SMARTS) is 1. The Balaban J connectivity index is 1.66. The first kappa shape index (κ1) is 20.6. The van der Waals surface area contributed by atoms with Crippen LogP contribution in [0.3, 0.4) is 0 Å². The van der Waals surface area contributed by atoms with E-state index in [0.29, 0.717) is 13.1 Å². The van der Waals surface area contributed by atoms with E-state index in [1.54, 1.807) is 0 Å². The van der Waals surface area contributed by atoms with Gasteiger partial charge in [-0.2, -0.15) is 0 Å². The first-order valence-corrected chi connectivity index (χ1v) is 10.9. The molecule has 2 aromatic rings. The van der Waals surface area contributed by atoms with Crippen LogP contribution in [0.25, 0.3) is 0 Å².